The largest absolute Gasteiger partial charge is 0.378 e. The molecule has 1 fully saturated rings. The Morgan fingerprint density at radius 3 is 2.62 bits per heavy atom. The molecule has 3 aromatic rings. The van der Waals surface area contributed by atoms with Gasteiger partial charge in [0.05, 0.1) is 23.1 Å². The van der Waals surface area contributed by atoms with E-state index < -0.39 is 0 Å². The maximum Gasteiger partial charge on any atom is 0.203 e. The van der Waals surface area contributed by atoms with Crippen molar-refractivity contribution < 1.29 is 9.53 Å². The molecule has 3 heterocycles. The summed E-state index contributed by atoms with van der Waals surface area (Å²) in [7, 11) is 0. The van der Waals surface area contributed by atoms with Gasteiger partial charge in [0, 0.05) is 42.2 Å². The van der Waals surface area contributed by atoms with Crippen molar-refractivity contribution in [2.45, 2.75) is 6.92 Å². The third-order valence-electron chi connectivity index (χ3n) is 4.52. The van der Waals surface area contributed by atoms with Gasteiger partial charge in [-0.1, -0.05) is 35.9 Å². The van der Waals surface area contributed by atoms with Crippen molar-refractivity contribution in [2.75, 3.05) is 31.2 Å². The first kappa shape index (κ1) is 16.9. The number of carbonyl (C=O) groups excluding carboxylic acids is 1. The highest BCUT2D eigenvalue weighted by atomic mass is 32.1. The second-order valence-electron chi connectivity index (χ2n) is 6.37. The number of ether oxygens (including phenoxy) is 1. The van der Waals surface area contributed by atoms with Gasteiger partial charge in [0.1, 0.15) is 0 Å². The summed E-state index contributed by atoms with van der Waals surface area (Å²) in [5.41, 5.74) is 3.98. The normalized spacial score (nSPS) is 14.4. The fourth-order valence-corrected chi connectivity index (χ4v) is 4.26. The lowest BCUT2D eigenvalue weighted by atomic mass is 10.1. The van der Waals surface area contributed by atoms with E-state index in [-0.39, 0.29) is 5.78 Å². The van der Waals surface area contributed by atoms with Gasteiger partial charge in [0.25, 0.3) is 0 Å². The second-order valence-corrected chi connectivity index (χ2v) is 7.40. The number of rotatable bonds is 4. The van der Waals surface area contributed by atoms with Crippen molar-refractivity contribution in [3.8, 4) is 11.1 Å². The molecule has 0 amide bonds. The Morgan fingerprint density at radius 1 is 1.15 bits per heavy atom. The van der Waals surface area contributed by atoms with Crippen molar-refractivity contribution >= 4 is 22.1 Å². The quantitative estimate of drug-likeness (QED) is 0.651. The van der Waals surface area contributed by atoms with Gasteiger partial charge in [0.15, 0.2) is 0 Å². The summed E-state index contributed by atoms with van der Waals surface area (Å²) >= 11 is 1.56. The van der Waals surface area contributed by atoms with Gasteiger partial charge in [-0.25, -0.2) is 0 Å². The number of nitrogens with zero attached hydrogens (tertiary/aromatic N) is 2. The smallest absolute Gasteiger partial charge is 0.203 e. The maximum absolute atomic E-state index is 13.0. The molecule has 4 nitrogen and oxygen atoms in total. The van der Waals surface area contributed by atoms with Gasteiger partial charge in [-0.15, -0.1) is 11.3 Å². The van der Waals surface area contributed by atoms with E-state index >= 15 is 0 Å². The average Bonchev–Trinajstić information content (AvgIpc) is 3.15. The zero-order valence-electron chi connectivity index (χ0n) is 14.6. The molecule has 1 aliphatic heterocycles. The van der Waals surface area contributed by atoms with Crippen LogP contribution < -0.4 is 4.90 Å². The maximum atomic E-state index is 13.0. The molecule has 1 aromatic carbocycles. The van der Waals surface area contributed by atoms with Crippen LogP contribution >= 0.6 is 11.3 Å². The fourth-order valence-electron chi connectivity index (χ4n) is 3.07. The lowest BCUT2D eigenvalue weighted by Gasteiger charge is -2.28. The Hall–Kier alpha value is -2.50. The van der Waals surface area contributed by atoms with Gasteiger partial charge in [-0.2, -0.15) is 0 Å². The van der Waals surface area contributed by atoms with Crippen LogP contribution in [0, 0.1) is 6.92 Å². The zero-order chi connectivity index (χ0) is 17.9. The highest BCUT2D eigenvalue weighted by Gasteiger charge is 2.22. The van der Waals surface area contributed by atoms with Crippen LogP contribution in [0.2, 0.25) is 0 Å². The number of ketones is 1. The summed E-state index contributed by atoms with van der Waals surface area (Å²) in [5, 5.41) is 1.12. The predicted octanol–water partition coefficient (Wildman–Crippen LogP) is 4.19. The van der Waals surface area contributed by atoms with Crippen LogP contribution in [-0.4, -0.2) is 37.1 Å². The second kappa shape index (κ2) is 7.40. The van der Waals surface area contributed by atoms with E-state index in [2.05, 4.69) is 9.88 Å². The molecule has 2 aromatic heterocycles. The fraction of sp³-hybridized carbons (Fsp3) is 0.238. The number of anilines is 1. The molecule has 0 aliphatic carbocycles. The predicted molar refractivity (Wildman–Crippen MR) is 105 cm³/mol. The first-order chi connectivity index (χ1) is 12.7. The number of hydrogen-bond acceptors (Lipinski definition) is 5. The van der Waals surface area contributed by atoms with Gasteiger partial charge in [-0.3, -0.25) is 9.78 Å². The van der Waals surface area contributed by atoms with Crippen LogP contribution in [0.5, 0.6) is 0 Å². The molecule has 132 valence electrons. The average molecular weight is 364 g/mol. The summed E-state index contributed by atoms with van der Waals surface area (Å²) in [5.74, 6) is 0.0691. The van der Waals surface area contributed by atoms with E-state index in [1.165, 1.54) is 0 Å². The van der Waals surface area contributed by atoms with Crippen LogP contribution in [0.15, 0.2) is 54.9 Å². The summed E-state index contributed by atoms with van der Waals surface area (Å²) in [6, 6.07) is 13.7. The van der Waals surface area contributed by atoms with Gasteiger partial charge in [0.2, 0.25) is 5.78 Å². The van der Waals surface area contributed by atoms with Crippen molar-refractivity contribution in [3.63, 3.8) is 0 Å². The molecule has 0 bridgehead atoms. The van der Waals surface area contributed by atoms with Gasteiger partial charge in [-0.05, 0) is 19.1 Å². The number of morpholine rings is 1. The monoisotopic (exact) mass is 364 g/mol. The number of thiophene rings is 1. The third kappa shape index (κ3) is 3.41. The molecule has 4 rings (SSSR count). The van der Waals surface area contributed by atoms with E-state index in [0.717, 1.165) is 45.2 Å². The Bertz CT molecular complexity index is 898. The Labute approximate surface area is 157 Å². The summed E-state index contributed by atoms with van der Waals surface area (Å²) in [4.78, 5) is 20.3. The number of benzene rings is 1. The minimum absolute atomic E-state index is 0.0691. The van der Waals surface area contributed by atoms with Crippen LogP contribution in [0.1, 0.15) is 20.8 Å². The Balaban J connectivity index is 1.75. The lowest BCUT2D eigenvalue weighted by molar-refractivity contribution is 0.104. The number of hydrogen-bond donors (Lipinski definition) is 0. The van der Waals surface area contributed by atoms with E-state index in [1.807, 2.05) is 55.6 Å². The van der Waals surface area contributed by atoms with E-state index in [9.17, 15) is 4.79 Å². The molecule has 0 spiro atoms. The van der Waals surface area contributed by atoms with Crippen molar-refractivity contribution in [1.29, 1.82) is 0 Å². The van der Waals surface area contributed by atoms with Crippen LogP contribution in [0.3, 0.4) is 0 Å². The Morgan fingerprint density at radius 2 is 1.92 bits per heavy atom. The van der Waals surface area contributed by atoms with Gasteiger partial charge >= 0.3 is 0 Å². The SMILES string of the molecule is Cc1ccc(C(=O)c2cc(-c3cccnc3)c(N3CCOCC3)s2)cc1. The molecule has 26 heavy (non-hydrogen) atoms. The minimum atomic E-state index is 0.0691. The first-order valence-electron chi connectivity index (χ1n) is 8.70. The summed E-state index contributed by atoms with van der Waals surface area (Å²) in [6.07, 6.45) is 3.62. The van der Waals surface area contributed by atoms with E-state index in [0.29, 0.717) is 13.2 Å². The van der Waals surface area contributed by atoms with Crippen molar-refractivity contribution in [3.05, 3.63) is 70.9 Å². The molecule has 1 aliphatic rings. The number of carbonyl (C=O) groups is 1. The number of aryl methyl sites for hydroxylation is 1. The minimum Gasteiger partial charge on any atom is -0.378 e. The molecule has 1 saturated heterocycles. The first-order valence-corrected chi connectivity index (χ1v) is 9.52. The molecule has 0 atom stereocenters. The number of pyridine rings is 1. The topological polar surface area (TPSA) is 42.4 Å². The lowest BCUT2D eigenvalue weighted by Crippen LogP contribution is -2.35. The molecule has 0 N–H and O–H groups in total. The highest BCUT2D eigenvalue weighted by molar-refractivity contribution is 7.18. The molecular weight excluding hydrogens is 344 g/mol. The Kier molecular flexibility index (Phi) is 4.82. The molecule has 0 saturated carbocycles. The number of aromatic nitrogens is 1. The molecular formula is C21H20N2O2S. The highest BCUT2D eigenvalue weighted by Crippen LogP contribution is 2.40. The van der Waals surface area contributed by atoms with Crippen molar-refractivity contribution in [1.82, 2.24) is 4.98 Å². The van der Waals surface area contributed by atoms with Crippen LogP contribution in [0.25, 0.3) is 11.1 Å². The van der Waals surface area contributed by atoms with E-state index in [1.54, 1.807) is 17.5 Å². The van der Waals surface area contributed by atoms with E-state index in [4.69, 9.17) is 4.74 Å². The summed E-state index contributed by atoms with van der Waals surface area (Å²) in [6.45, 7) is 5.13. The zero-order valence-corrected chi connectivity index (χ0v) is 15.5. The third-order valence-corrected chi connectivity index (χ3v) is 5.72. The van der Waals surface area contributed by atoms with Crippen molar-refractivity contribution in [2.24, 2.45) is 0 Å². The molecule has 0 radical (unpaired) electrons. The van der Waals surface area contributed by atoms with Crippen LogP contribution in [0.4, 0.5) is 5.00 Å². The summed E-state index contributed by atoms with van der Waals surface area (Å²) < 4.78 is 5.49. The molecule has 0 unspecified atom stereocenters. The van der Waals surface area contributed by atoms with Gasteiger partial charge < -0.3 is 9.64 Å². The van der Waals surface area contributed by atoms with Crippen LogP contribution in [-0.2, 0) is 4.74 Å². The molecule has 5 heteroatoms. The standard InChI is InChI=1S/C21H20N2O2S/c1-15-4-6-16(7-5-15)20(24)19-13-18(17-3-2-8-22-14-17)21(26-19)23-9-11-25-12-10-23/h2-8,13-14H,9-12H2,1H3.